The normalized spacial score (nSPS) is 17.4. The highest BCUT2D eigenvalue weighted by Crippen LogP contribution is 2.27. The molecule has 2 N–H and O–H groups in total. The van der Waals surface area contributed by atoms with Crippen LogP contribution >= 0.6 is 0 Å². The van der Waals surface area contributed by atoms with Crippen LogP contribution in [0.25, 0.3) is 6.08 Å². The van der Waals surface area contributed by atoms with Crippen molar-refractivity contribution in [2.45, 2.75) is 20.1 Å². The van der Waals surface area contributed by atoms with Gasteiger partial charge in [-0.1, -0.05) is 6.08 Å². The van der Waals surface area contributed by atoms with Crippen LogP contribution in [0.15, 0.2) is 15.3 Å². The fourth-order valence-electron chi connectivity index (χ4n) is 1.72. The second-order valence-corrected chi connectivity index (χ2v) is 3.83. The maximum absolute atomic E-state index is 12.1. The molecular formula is C12H11NO6. The molecule has 1 atom stereocenters. The number of amides is 1. The Bertz CT molecular complexity index is 642. The van der Waals surface area contributed by atoms with Crippen molar-refractivity contribution in [3.63, 3.8) is 0 Å². The second-order valence-electron chi connectivity index (χ2n) is 3.83. The number of fused-ring (bicyclic) bond motifs is 1. The monoisotopic (exact) mass is 265 g/mol. The molecule has 7 heteroatoms. The van der Waals surface area contributed by atoms with E-state index in [0.29, 0.717) is 0 Å². The minimum absolute atomic E-state index is 0.0306. The summed E-state index contributed by atoms with van der Waals surface area (Å²) in [6, 6.07) is 0. The zero-order valence-corrected chi connectivity index (χ0v) is 10.2. The first-order valence-electron chi connectivity index (χ1n) is 5.46. The van der Waals surface area contributed by atoms with Gasteiger partial charge in [-0.25, -0.2) is 0 Å². The average Bonchev–Trinajstić information content (AvgIpc) is 2.59. The molecule has 1 aliphatic rings. The van der Waals surface area contributed by atoms with Crippen molar-refractivity contribution in [1.29, 1.82) is 0 Å². The first kappa shape index (κ1) is 13.0. The van der Waals surface area contributed by atoms with Crippen molar-refractivity contribution in [3.8, 4) is 5.75 Å². The third kappa shape index (κ3) is 2.15. The Morgan fingerprint density at radius 1 is 1.47 bits per heavy atom. The Morgan fingerprint density at radius 3 is 2.74 bits per heavy atom. The Kier molecular flexibility index (Phi) is 3.22. The lowest BCUT2D eigenvalue weighted by Crippen LogP contribution is -2.23. The van der Waals surface area contributed by atoms with Gasteiger partial charge in [-0.05, 0) is 13.0 Å². The third-order valence-corrected chi connectivity index (χ3v) is 2.43. The van der Waals surface area contributed by atoms with E-state index in [4.69, 9.17) is 9.15 Å². The van der Waals surface area contributed by atoms with Gasteiger partial charge in [0.05, 0.1) is 0 Å². The lowest BCUT2D eigenvalue weighted by atomic mass is 10.2. The minimum Gasteiger partial charge on any atom is -0.452 e. The lowest BCUT2D eigenvalue weighted by Gasteiger charge is -2.07. The van der Waals surface area contributed by atoms with E-state index in [1.807, 2.05) is 0 Å². The van der Waals surface area contributed by atoms with E-state index in [9.17, 15) is 19.5 Å². The van der Waals surface area contributed by atoms with E-state index in [-0.39, 0.29) is 22.8 Å². The van der Waals surface area contributed by atoms with Gasteiger partial charge in [-0.15, -0.1) is 0 Å². The summed E-state index contributed by atoms with van der Waals surface area (Å²) < 4.78 is 10.0. The summed E-state index contributed by atoms with van der Waals surface area (Å²) in [6.07, 6.45) is 1.58. The maximum Gasteiger partial charge on any atom is 0.308 e. The number of aliphatic hydroxyl groups is 1. The highest BCUT2D eigenvalue weighted by Gasteiger charge is 2.35. The van der Waals surface area contributed by atoms with Gasteiger partial charge in [0, 0.05) is 6.92 Å². The molecule has 1 aromatic rings. The molecule has 1 amide bonds. The number of hydrogen-bond acceptors (Lipinski definition) is 6. The minimum atomic E-state index is -1.38. The molecular weight excluding hydrogens is 254 g/mol. The number of carbonyl (C=O) groups is 2. The molecule has 19 heavy (non-hydrogen) atoms. The number of ether oxygens (including phenoxy) is 1. The number of hydrogen-bond donors (Lipinski definition) is 2. The van der Waals surface area contributed by atoms with Gasteiger partial charge >= 0.3 is 5.97 Å². The van der Waals surface area contributed by atoms with Gasteiger partial charge in [0.2, 0.25) is 11.2 Å². The van der Waals surface area contributed by atoms with Crippen molar-refractivity contribution in [2.24, 2.45) is 0 Å². The van der Waals surface area contributed by atoms with Crippen LogP contribution in [0.4, 0.5) is 0 Å². The van der Waals surface area contributed by atoms with E-state index in [0.717, 1.165) is 6.92 Å². The highest BCUT2D eigenvalue weighted by atomic mass is 16.5. The number of nitrogens with one attached hydrogen (secondary N) is 1. The number of carbonyl (C=O) groups excluding carboxylic acids is 2. The van der Waals surface area contributed by atoms with Crippen molar-refractivity contribution in [1.82, 2.24) is 5.32 Å². The molecule has 0 fully saturated rings. The van der Waals surface area contributed by atoms with Gasteiger partial charge in [0.25, 0.3) is 5.91 Å². The van der Waals surface area contributed by atoms with Crippen molar-refractivity contribution in [2.75, 3.05) is 0 Å². The van der Waals surface area contributed by atoms with Crippen LogP contribution < -0.4 is 15.5 Å². The number of esters is 1. The van der Waals surface area contributed by atoms with Gasteiger partial charge in [-0.3, -0.25) is 14.4 Å². The Labute approximate surface area is 107 Å². The first-order chi connectivity index (χ1) is 8.95. The summed E-state index contributed by atoms with van der Waals surface area (Å²) in [5, 5.41) is 11.7. The van der Waals surface area contributed by atoms with Crippen molar-refractivity contribution in [3.05, 3.63) is 33.4 Å². The predicted molar refractivity (Wildman–Crippen MR) is 63.4 cm³/mol. The molecule has 1 aliphatic heterocycles. The molecule has 1 unspecified atom stereocenters. The Hall–Kier alpha value is -2.41. The van der Waals surface area contributed by atoms with Crippen LogP contribution in [-0.4, -0.2) is 17.0 Å². The van der Waals surface area contributed by atoms with Gasteiger partial charge in [0.1, 0.15) is 5.56 Å². The van der Waals surface area contributed by atoms with Gasteiger partial charge < -0.3 is 19.6 Å². The molecule has 0 saturated heterocycles. The average molecular weight is 265 g/mol. The molecule has 2 rings (SSSR count). The fraction of sp³-hybridized carbons (Fsp3) is 0.250. The Morgan fingerprint density at radius 2 is 2.16 bits per heavy atom. The zero-order chi connectivity index (χ0) is 14.2. The van der Waals surface area contributed by atoms with Crippen LogP contribution in [-0.2, 0) is 4.79 Å². The van der Waals surface area contributed by atoms with E-state index in [1.165, 1.54) is 6.08 Å². The third-order valence-electron chi connectivity index (χ3n) is 2.43. The SMILES string of the molecule is C/C=C/c1oc2c(c(=O)c1OC(C)=O)C(=O)NC2O. The van der Waals surface area contributed by atoms with Crippen LogP contribution in [0.5, 0.6) is 5.75 Å². The highest BCUT2D eigenvalue weighted by molar-refractivity contribution is 5.98. The van der Waals surface area contributed by atoms with Crippen LogP contribution in [0.3, 0.4) is 0 Å². The first-order valence-corrected chi connectivity index (χ1v) is 5.46. The summed E-state index contributed by atoms with van der Waals surface area (Å²) in [4.78, 5) is 34.6. The number of aliphatic hydroxyl groups excluding tert-OH is 1. The molecule has 100 valence electrons. The summed E-state index contributed by atoms with van der Waals surface area (Å²) in [5.74, 6) is -2.06. The summed E-state index contributed by atoms with van der Waals surface area (Å²) >= 11 is 0. The summed E-state index contributed by atoms with van der Waals surface area (Å²) in [7, 11) is 0. The summed E-state index contributed by atoms with van der Waals surface area (Å²) in [5.41, 5.74) is -1.14. The molecule has 1 aromatic heterocycles. The second kappa shape index (κ2) is 4.69. The van der Waals surface area contributed by atoms with Crippen LogP contribution in [0.2, 0.25) is 0 Å². The molecule has 0 aliphatic carbocycles. The lowest BCUT2D eigenvalue weighted by molar-refractivity contribution is -0.132. The van der Waals surface area contributed by atoms with Crippen LogP contribution in [0, 0.1) is 0 Å². The van der Waals surface area contributed by atoms with Crippen molar-refractivity contribution >= 4 is 18.0 Å². The molecule has 0 spiro atoms. The van der Waals surface area contributed by atoms with E-state index < -0.39 is 23.5 Å². The van der Waals surface area contributed by atoms with Gasteiger partial charge in [0.15, 0.2) is 17.7 Å². The van der Waals surface area contributed by atoms with E-state index >= 15 is 0 Å². The number of allylic oxidation sites excluding steroid dienone is 1. The number of rotatable bonds is 2. The molecule has 0 bridgehead atoms. The van der Waals surface area contributed by atoms with Crippen LogP contribution in [0.1, 0.15) is 42.0 Å². The zero-order valence-electron chi connectivity index (χ0n) is 10.2. The Balaban J connectivity index is 2.73. The standard InChI is InChI=1S/C12H11NO6/c1-3-4-6-9(18-5(2)14)8(15)7-10(19-6)12(17)13-11(7)16/h3-4,12,17H,1-2H3,(H,13,16)/b4-3+. The van der Waals surface area contributed by atoms with Crippen molar-refractivity contribution < 1.29 is 23.8 Å². The molecule has 0 saturated carbocycles. The van der Waals surface area contributed by atoms with Gasteiger partial charge in [-0.2, -0.15) is 0 Å². The maximum atomic E-state index is 12.1. The smallest absolute Gasteiger partial charge is 0.308 e. The molecule has 2 heterocycles. The van der Waals surface area contributed by atoms with E-state index in [1.54, 1.807) is 13.0 Å². The molecule has 0 aromatic carbocycles. The quantitative estimate of drug-likeness (QED) is 0.746. The summed E-state index contributed by atoms with van der Waals surface area (Å²) in [6.45, 7) is 2.80. The molecule has 7 nitrogen and oxygen atoms in total. The van der Waals surface area contributed by atoms with E-state index in [2.05, 4.69) is 5.32 Å². The fourth-order valence-corrected chi connectivity index (χ4v) is 1.72. The largest absolute Gasteiger partial charge is 0.452 e. The molecule has 0 radical (unpaired) electrons. The topological polar surface area (TPSA) is 106 Å². The predicted octanol–water partition coefficient (Wildman–Crippen LogP) is 0.333.